The molecule has 0 heterocycles. The zero-order valence-electron chi connectivity index (χ0n) is 15.6. The fraction of sp³-hybridized carbons (Fsp3) is 0.0370. The molecule has 0 fully saturated rings. The van der Waals surface area contributed by atoms with Gasteiger partial charge in [0.15, 0.2) is 11.7 Å². The second-order valence-electron chi connectivity index (χ2n) is 7.20. The van der Waals surface area contributed by atoms with Crippen LogP contribution in [0.5, 0.6) is 0 Å². The van der Waals surface area contributed by atoms with Crippen molar-refractivity contribution in [2.45, 2.75) is 5.41 Å². The zero-order valence-corrected chi connectivity index (χ0v) is 15.6. The van der Waals surface area contributed by atoms with Crippen molar-refractivity contribution in [2.24, 2.45) is 0 Å². The Bertz CT molecular complexity index is 1160. The monoisotopic (exact) mass is 380 g/mol. The van der Waals surface area contributed by atoms with Crippen LogP contribution in [0, 0.1) is 0 Å². The molecule has 1 aliphatic rings. The highest BCUT2D eigenvalue weighted by atomic mass is 19.2. The predicted molar refractivity (Wildman–Crippen MR) is 114 cm³/mol. The highest BCUT2D eigenvalue weighted by Gasteiger charge is 2.49. The van der Waals surface area contributed by atoms with E-state index in [-0.39, 0.29) is 5.56 Å². The topological polar surface area (TPSA) is 0 Å². The van der Waals surface area contributed by atoms with E-state index in [1.807, 2.05) is 78.9 Å². The van der Waals surface area contributed by atoms with Gasteiger partial charge in [-0.1, -0.05) is 109 Å². The van der Waals surface area contributed by atoms with E-state index in [1.54, 1.807) is 30.3 Å². The van der Waals surface area contributed by atoms with E-state index in [0.29, 0.717) is 5.56 Å². The molecule has 0 spiro atoms. The maximum absolute atomic E-state index is 16.4. The van der Waals surface area contributed by atoms with Crippen molar-refractivity contribution in [2.75, 3.05) is 0 Å². The van der Waals surface area contributed by atoms with E-state index >= 15 is 8.78 Å². The molecule has 0 bridgehead atoms. The summed E-state index contributed by atoms with van der Waals surface area (Å²) in [5.41, 5.74) is 3.01. The molecular formula is C27H18F2. The Labute approximate surface area is 168 Å². The third-order valence-corrected chi connectivity index (χ3v) is 5.71. The predicted octanol–water partition coefficient (Wildman–Crippen LogP) is 7.31. The van der Waals surface area contributed by atoms with E-state index < -0.39 is 17.1 Å². The smallest absolute Gasteiger partial charge is 0.163 e. The summed E-state index contributed by atoms with van der Waals surface area (Å²) in [7, 11) is 0. The van der Waals surface area contributed by atoms with Gasteiger partial charge in [0.1, 0.15) is 5.41 Å². The van der Waals surface area contributed by atoms with Crippen LogP contribution in [0.3, 0.4) is 0 Å². The minimum Gasteiger partial charge on any atom is -0.207 e. The summed E-state index contributed by atoms with van der Waals surface area (Å²) in [6, 6.07) is 33.2. The molecular weight excluding hydrogens is 362 g/mol. The van der Waals surface area contributed by atoms with Crippen LogP contribution in [-0.2, 0) is 5.41 Å². The summed E-state index contributed by atoms with van der Waals surface area (Å²) < 4.78 is 32.0. The highest BCUT2D eigenvalue weighted by Crippen LogP contribution is 2.57. The third kappa shape index (κ3) is 2.49. The summed E-state index contributed by atoms with van der Waals surface area (Å²) in [5.74, 6) is -1.62. The van der Waals surface area contributed by atoms with Crippen LogP contribution in [0.25, 0.3) is 17.0 Å². The van der Waals surface area contributed by atoms with Crippen LogP contribution in [0.15, 0.2) is 115 Å². The van der Waals surface area contributed by atoms with Gasteiger partial charge in [0.2, 0.25) is 0 Å². The number of halogens is 2. The van der Waals surface area contributed by atoms with Crippen molar-refractivity contribution in [1.29, 1.82) is 0 Å². The van der Waals surface area contributed by atoms with Gasteiger partial charge in [0.25, 0.3) is 0 Å². The molecule has 2 heteroatoms. The summed E-state index contributed by atoms with van der Waals surface area (Å²) in [4.78, 5) is 0. The summed E-state index contributed by atoms with van der Waals surface area (Å²) in [6.07, 6.45) is 0. The number of benzene rings is 4. The Balaban J connectivity index is 1.93. The molecule has 0 aliphatic heterocycles. The second-order valence-corrected chi connectivity index (χ2v) is 7.20. The summed E-state index contributed by atoms with van der Waals surface area (Å²) >= 11 is 0. The van der Waals surface area contributed by atoms with Crippen molar-refractivity contribution in [3.05, 3.63) is 137 Å². The molecule has 0 unspecified atom stereocenters. The number of hydrogen-bond donors (Lipinski definition) is 0. The Morgan fingerprint density at radius 1 is 0.517 bits per heavy atom. The molecule has 0 atom stereocenters. The lowest BCUT2D eigenvalue weighted by atomic mass is 9.71. The van der Waals surface area contributed by atoms with Gasteiger partial charge in [0, 0.05) is 5.56 Å². The lowest BCUT2D eigenvalue weighted by molar-refractivity contribution is 0.497. The maximum Gasteiger partial charge on any atom is 0.163 e. The molecule has 0 radical (unpaired) electrons. The van der Waals surface area contributed by atoms with Crippen LogP contribution in [-0.4, -0.2) is 0 Å². The number of hydrogen-bond acceptors (Lipinski definition) is 0. The van der Waals surface area contributed by atoms with Crippen LogP contribution in [0.2, 0.25) is 0 Å². The van der Waals surface area contributed by atoms with Crippen LogP contribution in [0.4, 0.5) is 8.78 Å². The van der Waals surface area contributed by atoms with Crippen molar-refractivity contribution < 1.29 is 8.78 Å². The fourth-order valence-corrected chi connectivity index (χ4v) is 4.47. The minimum atomic E-state index is -1.33. The second kappa shape index (κ2) is 6.82. The normalized spacial score (nSPS) is 14.7. The zero-order chi connectivity index (χ0) is 19.8. The van der Waals surface area contributed by atoms with E-state index in [4.69, 9.17) is 0 Å². The standard InChI is InChI=1S/C27H18F2/c28-25(19-11-3-1-4-12-19)26(29)27(20-13-5-2-6-14-20)23-17-9-7-15-21(23)22-16-8-10-18-24(22)27/h1-18H. The number of rotatable bonds is 3. The van der Waals surface area contributed by atoms with Gasteiger partial charge in [-0.15, -0.1) is 0 Å². The average molecular weight is 380 g/mol. The number of fused-ring (bicyclic) bond motifs is 3. The average Bonchev–Trinajstić information content (AvgIpc) is 3.11. The maximum atomic E-state index is 16.4. The molecule has 140 valence electrons. The first-order valence-electron chi connectivity index (χ1n) is 9.60. The SMILES string of the molecule is FC(=C(F)C1(c2ccccc2)c2ccccc2-c2ccccc21)c1ccccc1. The van der Waals surface area contributed by atoms with Crippen molar-refractivity contribution in [1.82, 2.24) is 0 Å². The van der Waals surface area contributed by atoms with Gasteiger partial charge in [-0.2, -0.15) is 0 Å². The molecule has 4 aromatic rings. The molecule has 0 aromatic heterocycles. The quantitative estimate of drug-likeness (QED) is 0.349. The van der Waals surface area contributed by atoms with Gasteiger partial charge in [-0.05, 0) is 27.8 Å². The minimum absolute atomic E-state index is 0.238. The first kappa shape index (κ1) is 17.6. The molecule has 0 N–H and O–H groups in total. The molecule has 4 aromatic carbocycles. The van der Waals surface area contributed by atoms with E-state index in [9.17, 15) is 0 Å². The Kier molecular flexibility index (Phi) is 4.13. The van der Waals surface area contributed by atoms with Gasteiger partial charge < -0.3 is 0 Å². The van der Waals surface area contributed by atoms with E-state index in [0.717, 1.165) is 22.3 Å². The molecule has 0 amide bonds. The summed E-state index contributed by atoms with van der Waals surface area (Å²) in [5, 5.41) is 0. The van der Waals surface area contributed by atoms with Gasteiger partial charge in [-0.25, -0.2) is 8.78 Å². The molecule has 0 saturated carbocycles. The lowest BCUT2D eigenvalue weighted by Crippen LogP contribution is -2.28. The largest absolute Gasteiger partial charge is 0.207 e. The highest BCUT2D eigenvalue weighted by molar-refractivity contribution is 5.87. The van der Waals surface area contributed by atoms with Crippen molar-refractivity contribution >= 4 is 5.83 Å². The van der Waals surface area contributed by atoms with Crippen molar-refractivity contribution in [3.63, 3.8) is 0 Å². The molecule has 1 aliphatic carbocycles. The third-order valence-electron chi connectivity index (χ3n) is 5.71. The van der Waals surface area contributed by atoms with Gasteiger partial charge in [-0.3, -0.25) is 0 Å². The molecule has 0 saturated heterocycles. The molecule has 0 nitrogen and oxygen atoms in total. The summed E-state index contributed by atoms with van der Waals surface area (Å²) in [6.45, 7) is 0. The fourth-order valence-electron chi connectivity index (χ4n) is 4.47. The van der Waals surface area contributed by atoms with Crippen LogP contribution < -0.4 is 0 Å². The van der Waals surface area contributed by atoms with Crippen molar-refractivity contribution in [3.8, 4) is 11.1 Å². The molecule has 5 rings (SSSR count). The Morgan fingerprint density at radius 3 is 1.52 bits per heavy atom. The molecule has 29 heavy (non-hydrogen) atoms. The first-order chi connectivity index (χ1) is 14.2. The first-order valence-corrected chi connectivity index (χ1v) is 9.60. The Morgan fingerprint density at radius 2 is 0.966 bits per heavy atom. The van der Waals surface area contributed by atoms with Crippen LogP contribution in [0.1, 0.15) is 22.3 Å². The lowest BCUT2D eigenvalue weighted by Gasteiger charge is -2.31. The number of allylic oxidation sites excluding steroid dienone is 1. The van der Waals surface area contributed by atoms with E-state index in [2.05, 4.69) is 0 Å². The van der Waals surface area contributed by atoms with E-state index in [1.165, 1.54) is 0 Å². The van der Waals surface area contributed by atoms with Crippen LogP contribution >= 0.6 is 0 Å². The Hall–Kier alpha value is -3.52. The van der Waals surface area contributed by atoms with Gasteiger partial charge in [0.05, 0.1) is 0 Å². The van der Waals surface area contributed by atoms with Gasteiger partial charge >= 0.3 is 0 Å².